The number of thiazole rings is 1. The number of aromatic nitrogens is 1. The van der Waals surface area contributed by atoms with E-state index >= 15 is 0 Å². The predicted octanol–water partition coefficient (Wildman–Crippen LogP) is 5.39. The van der Waals surface area contributed by atoms with Crippen molar-refractivity contribution in [3.05, 3.63) is 64.1 Å². The topological polar surface area (TPSA) is 141 Å². The van der Waals surface area contributed by atoms with Gasteiger partial charge in [-0.05, 0) is 57.2 Å². The van der Waals surface area contributed by atoms with Gasteiger partial charge >= 0.3 is 0 Å². The average Bonchev–Trinajstić information content (AvgIpc) is 3.73. The van der Waals surface area contributed by atoms with Gasteiger partial charge in [0.1, 0.15) is 22.8 Å². The number of unbranched alkanes of at least 4 members (excludes halogenated alkanes) is 1. The van der Waals surface area contributed by atoms with Crippen LogP contribution in [0.25, 0.3) is 0 Å². The van der Waals surface area contributed by atoms with Gasteiger partial charge in [0.2, 0.25) is 11.8 Å². The van der Waals surface area contributed by atoms with E-state index in [2.05, 4.69) is 10.6 Å². The molecule has 2 N–H and O–H groups in total. The van der Waals surface area contributed by atoms with E-state index < -0.39 is 12.1 Å². The number of ether oxygens (including phenoxy) is 1. The Kier molecular flexibility index (Phi) is 16.8. The van der Waals surface area contributed by atoms with Gasteiger partial charge in [-0.3, -0.25) is 33.8 Å². The van der Waals surface area contributed by atoms with Gasteiger partial charge in [0.25, 0.3) is 17.7 Å². The molecule has 2 aromatic rings. The Morgan fingerprint density at radius 3 is 2.11 bits per heavy atom. The minimum atomic E-state index is -0.716. The van der Waals surface area contributed by atoms with Gasteiger partial charge in [-0.25, -0.2) is 4.98 Å². The number of likely N-dealkylation sites (N-methyl/N-ethyl adjacent to an activating group) is 2. The van der Waals surface area contributed by atoms with Crippen molar-refractivity contribution in [3.8, 4) is 0 Å². The van der Waals surface area contributed by atoms with Crippen molar-refractivity contribution in [1.29, 1.82) is 0 Å². The van der Waals surface area contributed by atoms with Crippen LogP contribution >= 0.6 is 11.3 Å². The molecule has 1 aliphatic heterocycles. The first-order chi connectivity index (χ1) is 25.1. The highest BCUT2D eigenvalue weighted by atomic mass is 32.1. The number of hydrogen-bond donors (Lipinski definition) is 2. The molecule has 53 heavy (non-hydrogen) atoms. The standard InChI is InChI=1S/C40H60N6O6S/c1-11-27(6)35(43-38(50)36(26(4)5)44(8)9)40(51)45(10)31(25(2)3)23-32(52-22-16-15-21-46-33(47)19-20-34(46)48)39-42-30(24-53-39)37(49)41-28(7)29-17-13-12-14-18-29/h12-14,17-20,24-28,31-32,35-36H,11,15-16,21-23H2,1-10H3,(H,41,49)(H,43,50)/t27-,28+,31+,32+,35?,36+/m0/s1. The van der Waals surface area contributed by atoms with Gasteiger partial charge in [-0.2, -0.15) is 0 Å². The van der Waals surface area contributed by atoms with Crippen LogP contribution in [0.3, 0.4) is 0 Å². The molecule has 1 aliphatic rings. The zero-order chi connectivity index (χ0) is 39.4. The molecule has 1 unspecified atom stereocenters. The number of carbonyl (C=O) groups is 5. The molecule has 1 aromatic carbocycles. The van der Waals surface area contributed by atoms with Crippen molar-refractivity contribution in [2.24, 2.45) is 17.8 Å². The average molecular weight is 753 g/mol. The van der Waals surface area contributed by atoms with Crippen LogP contribution in [0.1, 0.15) is 107 Å². The maximum absolute atomic E-state index is 14.3. The van der Waals surface area contributed by atoms with E-state index in [9.17, 15) is 24.0 Å². The van der Waals surface area contributed by atoms with E-state index in [-0.39, 0.29) is 71.1 Å². The number of amides is 5. The first kappa shape index (κ1) is 43.5. The molecule has 0 saturated carbocycles. The summed E-state index contributed by atoms with van der Waals surface area (Å²) in [5.41, 5.74) is 1.26. The van der Waals surface area contributed by atoms with Gasteiger partial charge in [0.05, 0.1) is 12.1 Å². The Hall–Kier alpha value is -3.94. The first-order valence-corrected chi connectivity index (χ1v) is 19.6. The fourth-order valence-electron chi connectivity index (χ4n) is 6.66. The lowest BCUT2D eigenvalue weighted by molar-refractivity contribution is -0.141. The minimum Gasteiger partial charge on any atom is -0.371 e. The Labute approximate surface area is 319 Å². The van der Waals surface area contributed by atoms with Crippen molar-refractivity contribution in [2.45, 2.75) is 104 Å². The second-order valence-electron chi connectivity index (χ2n) is 14.9. The molecule has 0 radical (unpaired) electrons. The minimum absolute atomic E-state index is 0.0164. The smallest absolute Gasteiger partial charge is 0.271 e. The van der Waals surface area contributed by atoms with Crippen LogP contribution in [0.4, 0.5) is 0 Å². The molecule has 292 valence electrons. The lowest BCUT2D eigenvalue weighted by atomic mass is 9.92. The molecular formula is C40H60N6O6S. The molecule has 5 amide bonds. The summed E-state index contributed by atoms with van der Waals surface area (Å²) in [6.07, 6.45) is 4.23. The molecule has 13 heteroatoms. The maximum Gasteiger partial charge on any atom is 0.271 e. The van der Waals surface area contributed by atoms with Crippen LogP contribution in [0.5, 0.6) is 0 Å². The van der Waals surface area contributed by atoms with E-state index in [4.69, 9.17) is 9.72 Å². The van der Waals surface area contributed by atoms with Crippen molar-refractivity contribution < 1.29 is 28.7 Å². The molecule has 1 aromatic heterocycles. The quantitative estimate of drug-likeness (QED) is 0.128. The van der Waals surface area contributed by atoms with Gasteiger partial charge in [0, 0.05) is 50.2 Å². The normalized spacial score (nSPS) is 16.5. The third-order valence-corrected chi connectivity index (χ3v) is 10.9. The van der Waals surface area contributed by atoms with Crippen LogP contribution in [0.2, 0.25) is 0 Å². The molecule has 0 spiro atoms. The van der Waals surface area contributed by atoms with Crippen LogP contribution in [-0.2, 0) is 23.9 Å². The van der Waals surface area contributed by atoms with E-state index in [1.54, 1.807) is 17.3 Å². The summed E-state index contributed by atoms with van der Waals surface area (Å²) in [6.45, 7) is 14.6. The highest BCUT2D eigenvalue weighted by molar-refractivity contribution is 7.09. The molecular weight excluding hydrogens is 693 g/mol. The van der Waals surface area contributed by atoms with Crippen LogP contribution in [-0.4, -0.2) is 102 Å². The lowest BCUT2D eigenvalue weighted by Gasteiger charge is -2.38. The number of hydrogen-bond acceptors (Lipinski definition) is 9. The zero-order valence-corrected chi connectivity index (χ0v) is 33.9. The Morgan fingerprint density at radius 2 is 1.55 bits per heavy atom. The van der Waals surface area contributed by atoms with Crippen LogP contribution in [0.15, 0.2) is 47.9 Å². The summed E-state index contributed by atoms with van der Waals surface area (Å²) < 4.78 is 6.48. The third kappa shape index (κ3) is 12.0. The molecule has 12 nitrogen and oxygen atoms in total. The first-order valence-electron chi connectivity index (χ1n) is 18.8. The van der Waals surface area contributed by atoms with Crippen LogP contribution < -0.4 is 10.6 Å². The van der Waals surface area contributed by atoms with E-state index in [0.29, 0.717) is 43.8 Å². The van der Waals surface area contributed by atoms with Crippen molar-refractivity contribution >= 4 is 40.9 Å². The lowest BCUT2D eigenvalue weighted by Crippen LogP contribution is -2.58. The largest absolute Gasteiger partial charge is 0.371 e. The van der Waals surface area contributed by atoms with Crippen molar-refractivity contribution in [1.82, 2.24) is 30.3 Å². The number of nitrogens with zero attached hydrogens (tertiary/aromatic N) is 4. The number of imide groups is 1. The molecule has 0 aliphatic carbocycles. The summed E-state index contributed by atoms with van der Waals surface area (Å²) in [5, 5.41) is 8.46. The van der Waals surface area contributed by atoms with Crippen LogP contribution in [0, 0.1) is 17.8 Å². The summed E-state index contributed by atoms with van der Waals surface area (Å²) in [5.74, 6) is -1.31. The Balaban J connectivity index is 1.83. The third-order valence-electron chi connectivity index (χ3n) is 9.98. The molecule has 0 saturated heterocycles. The van der Waals surface area contributed by atoms with Gasteiger partial charge < -0.3 is 20.3 Å². The molecule has 6 atom stereocenters. The second kappa shape index (κ2) is 20.5. The highest BCUT2D eigenvalue weighted by Gasteiger charge is 2.37. The van der Waals surface area contributed by atoms with E-state index in [0.717, 1.165) is 5.56 Å². The summed E-state index contributed by atoms with van der Waals surface area (Å²) in [7, 11) is 5.51. The fraction of sp³-hybridized carbons (Fsp3) is 0.600. The van der Waals surface area contributed by atoms with Crippen molar-refractivity contribution in [3.63, 3.8) is 0 Å². The van der Waals surface area contributed by atoms with Gasteiger partial charge in [-0.1, -0.05) is 78.3 Å². The number of nitrogens with one attached hydrogen (secondary N) is 2. The summed E-state index contributed by atoms with van der Waals surface area (Å²) in [6, 6.07) is 8.08. The number of rotatable bonds is 21. The predicted molar refractivity (Wildman–Crippen MR) is 208 cm³/mol. The molecule has 0 bridgehead atoms. The summed E-state index contributed by atoms with van der Waals surface area (Å²) >= 11 is 1.33. The van der Waals surface area contributed by atoms with Gasteiger partial charge in [-0.15, -0.1) is 11.3 Å². The molecule has 2 heterocycles. The Morgan fingerprint density at radius 1 is 0.906 bits per heavy atom. The van der Waals surface area contributed by atoms with Crippen molar-refractivity contribution in [2.75, 3.05) is 34.3 Å². The fourth-order valence-corrected chi connectivity index (χ4v) is 7.52. The SMILES string of the molecule is CC[C@H](C)C(NC(=O)[C@@H](C(C)C)N(C)C)C(=O)N(C)[C@H](C[C@@H](OCCCCN1C(=O)C=CC1=O)c1nc(C(=O)N[C@H](C)c2ccccc2)cs1)C(C)C. The Bertz CT molecular complexity index is 1530. The molecule has 0 fully saturated rings. The maximum atomic E-state index is 14.3. The monoisotopic (exact) mass is 752 g/mol. The van der Waals surface area contributed by atoms with E-state index in [1.807, 2.05) is 97.8 Å². The van der Waals surface area contributed by atoms with E-state index in [1.165, 1.54) is 28.4 Å². The molecule has 3 rings (SSSR count). The van der Waals surface area contributed by atoms with Gasteiger partial charge in [0.15, 0.2) is 0 Å². The summed E-state index contributed by atoms with van der Waals surface area (Å²) in [4.78, 5) is 74.7. The number of carbonyl (C=O) groups excluding carboxylic acids is 5. The number of benzene rings is 1. The highest BCUT2D eigenvalue weighted by Crippen LogP contribution is 2.31. The zero-order valence-electron chi connectivity index (χ0n) is 33.1. The second-order valence-corrected chi connectivity index (χ2v) is 15.8.